The number of aryl methyl sites for hydroxylation is 2. The molecule has 2 aromatic rings. The lowest BCUT2D eigenvalue weighted by Crippen LogP contribution is -1.90. The van der Waals surface area contributed by atoms with Gasteiger partial charge < -0.3 is 0 Å². The highest BCUT2D eigenvalue weighted by atomic mass is 19.1. The van der Waals surface area contributed by atoms with Gasteiger partial charge in [-0.05, 0) is 47.2 Å². The SMILES string of the molecule is CC.CCc1ccc(-c2ccc(F)cc2CC)cc1. The lowest BCUT2D eigenvalue weighted by atomic mass is 9.97. The van der Waals surface area contributed by atoms with Crippen LogP contribution in [0.15, 0.2) is 42.5 Å². The van der Waals surface area contributed by atoms with Crippen LogP contribution in [-0.2, 0) is 12.8 Å². The summed E-state index contributed by atoms with van der Waals surface area (Å²) in [7, 11) is 0. The zero-order valence-electron chi connectivity index (χ0n) is 12.3. The summed E-state index contributed by atoms with van der Waals surface area (Å²) in [5, 5.41) is 0. The summed E-state index contributed by atoms with van der Waals surface area (Å²) >= 11 is 0. The smallest absolute Gasteiger partial charge is 0.123 e. The van der Waals surface area contributed by atoms with Crippen LogP contribution < -0.4 is 0 Å². The van der Waals surface area contributed by atoms with Crippen molar-refractivity contribution in [3.63, 3.8) is 0 Å². The Kier molecular flexibility index (Phi) is 6.27. The highest BCUT2D eigenvalue weighted by Gasteiger charge is 2.04. The number of rotatable bonds is 3. The molecule has 0 aromatic heterocycles. The van der Waals surface area contributed by atoms with E-state index in [1.54, 1.807) is 6.07 Å². The summed E-state index contributed by atoms with van der Waals surface area (Å²) in [4.78, 5) is 0. The van der Waals surface area contributed by atoms with Crippen LogP contribution in [0.3, 0.4) is 0 Å². The average Bonchev–Trinajstić information content (AvgIpc) is 2.49. The summed E-state index contributed by atoms with van der Waals surface area (Å²) in [6.45, 7) is 8.20. The first-order valence-corrected chi connectivity index (χ1v) is 7.12. The molecule has 2 aromatic carbocycles. The Morgan fingerprint density at radius 1 is 0.842 bits per heavy atom. The van der Waals surface area contributed by atoms with Gasteiger partial charge in [0.05, 0.1) is 0 Å². The van der Waals surface area contributed by atoms with Crippen molar-refractivity contribution in [2.24, 2.45) is 0 Å². The first-order valence-electron chi connectivity index (χ1n) is 7.12. The molecule has 0 nitrogen and oxygen atoms in total. The van der Waals surface area contributed by atoms with Crippen LogP contribution in [0, 0.1) is 5.82 Å². The van der Waals surface area contributed by atoms with E-state index in [0.29, 0.717) is 0 Å². The fourth-order valence-corrected chi connectivity index (χ4v) is 2.06. The molecule has 0 aliphatic rings. The topological polar surface area (TPSA) is 0 Å². The Morgan fingerprint density at radius 2 is 1.47 bits per heavy atom. The van der Waals surface area contributed by atoms with Gasteiger partial charge in [0.15, 0.2) is 0 Å². The number of hydrogen-bond acceptors (Lipinski definition) is 0. The minimum absolute atomic E-state index is 0.157. The second-order valence-corrected chi connectivity index (χ2v) is 4.21. The lowest BCUT2D eigenvalue weighted by Gasteiger charge is -2.09. The van der Waals surface area contributed by atoms with Crippen molar-refractivity contribution in [1.29, 1.82) is 0 Å². The van der Waals surface area contributed by atoms with Crippen molar-refractivity contribution in [2.45, 2.75) is 40.5 Å². The highest BCUT2D eigenvalue weighted by Crippen LogP contribution is 2.25. The van der Waals surface area contributed by atoms with Gasteiger partial charge in [-0.2, -0.15) is 0 Å². The van der Waals surface area contributed by atoms with Gasteiger partial charge in [-0.1, -0.05) is 58.0 Å². The molecule has 0 radical (unpaired) electrons. The van der Waals surface area contributed by atoms with E-state index in [1.807, 2.05) is 19.9 Å². The predicted octanol–water partition coefficient (Wildman–Crippen LogP) is 5.64. The molecule has 0 fully saturated rings. The van der Waals surface area contributed by atoms with Gasteiger partial charge >= 0.3 is 0 Å². The largest absolute Gasteiger partial charge is 0.207 e. The molecular weight excluding hydrogens is 235 g/mol. The third-order valence-electron chi connectivity index (χ3n) is 3.12. The maximum Gasteiger partial charge on any atom is 0.123 e. The van der Waals surface area contributed by atoms with E-state index in [9.17, 15) is 4.39 Å². The van der Waals surface area contributed by atoms with Crippen LogP contribution in [0.4, 0.5) is 4.39 Å². The second-order valence-electron chi connectivity index (χ2n) is 4.21. The first-order chi connectivity index (χ1) is 9.24. The van der Waals surface area contributed by atoms with E-state index in [-0.39, 0.29) is 5.82 Å². The first kappa shape index (κ1) is 15.4. The zero-order valence-corrected chi connectivity index (χ0v) is 12.3. The number of halogens is 1. The van der Waals surface area contributed by atoms with Gasteiger partial charge in [0.2, 0.25) is 0 Å². The van der Waals surface area contributed by atoms with Crippen LogP contribution in [0.1, 0.15) is 38.8 Å². The maximum absolute atomic E-state index is 13.2. The molecule has 19 heavy (non-hydrogen) atoms. The number of hydrogen-bond donors (Lipinski definition) is 0. The fraction of sp³-hybridized carbons (Fsp3) is 0.333. The third-order valence-corrected chi connectivity index (χ3v) is 3.12. The monoisotopic (exact) mass is 258 g/mol. The quantitative estimate of drug-likeness (QED) is 0.668. The molecule has 0 unspecified atom stereocenters. The van der Waals surface area contributed by atoms with Gasteiger partial charge in [0.25, 0.3) is 0 Å². The Hall–Kier alpha value is -1.63. The van der Waals surface area contributed by atoms with Gasteiger partial charge in [-0.3, -0.25) is 0 Å². The normalized spacial score (nSPS) is 9.74. The maximum atomic E-state index is 13.2. The van der Waals surface area contributed by atoms with E-state index in [2.05, 4.69) is 38.1 Å². The van der Waals surface area contributed by atoms with E-state index in [4.69, 9.17) is 0 Å². The molecule has 0 bridgehead atoms. The van der Waals surface area contributed by atoms with Crippen molar-refractivity contribution in [3.8, 4) is 11.1 Å². The Bertz CT molecular complexity index is 498. The van der Waals surface area contributed by atoms with E-state index < -0.39 is 0 Å². The van der Waals surface area contributed by atoms with E-state index in [1.165, 1.54) is 17.2 Å². The molecule has 0 amide bonds. The fourth-order valence-electron chi connectivity index (χ4n) is 2.06. The Morgan fingerprint density at radius 3 is 2.00 bits per heavy atom. The summed E-state index contributed by atoms with van der Waals surface area (Å²) < 4.78 is 13.2. The molecule has 0 aliphatic carbocycles. The number of benzene rings is 2. The van der Waals surface area contributed by atoms with Crippen LogP contribution >= 0.6 is 0 Å². The lowest BCUT2D eigenvalue weighted by molar-refractivity contribution is 0.626. The second kappa shape index (κ2) is 7.73. The molecule has 102 valence electrons. The minimum Gasteiger partial charge on any atom is -0.207 e. The summed E-state index contributed by atoms with van der Waals surface area (Å²) in [5.74, 6) is -0.157. The third kappa shape index (κ3) is 3.92. The molecule has 0 aliphatic heterocycles. The Balaban J connectivity index is 0.000000861. The van der Waals surface area contributed by atoms with Crippen molar-refractivity contribution in [1.82, 2.24) is 0 Å². The standard InChI is InChI=1S/C16H17F.C2H6/c1-3-12-5-7-14(8-6-12)16-10-9-15(17)11-13(16)4-2;1-2/h5-11H,3-4H2,1-2H3;1-2H3. The predicted molar refractivity (Wildman–Crippen MR) is 81.9 cm³/mol. The molecule has 1 heteroatoms. The van der Waals surface area contributed by atoms with Crippen molar-refractivity contribution in [3.05, 3.63) is 59.4 Å². The van der Waals surface area contributed by atoms with Crippen molar-refractivity contribution >= 4 is 0 Å². The van der Waals surface area contributed by atoms with Gasteiger partial charge in [0.1, 0.15) is 5.82 Å². The average molecular weight is 258 g/mol. The molecule has 0 saturated heterocycles. The van der Waals surface area contributed by atoms with Gasteiger partial charge in [0, 0.05) is 0 Å². The van der Waals surface area contributed by atoms with Crippen molar-refractivity contribution < 1.29 is 4.39 Å². The minimum atomic E-state index is -0.157. The zero-order chi connectivity index (χ0) is 14.3. The van der Waals surface area contributed by atoms with E-state index in [0.717, 1.165) is 24.0 Å². The molecule has 0 atom stereocenters. The molecule has 0 heterocycles. The summed E-state index contributed by atoms with van der Waals surface area (Å²) in [6, 6.07) is 13.5. The highest BCUT2D eigenvalue weighted by molar-refractivity contribution is 5.67. The van der Waals surface area contributed by atoms with Crippen LogP contribution in [0.25, 0.3) is 11.1 Å². The Labute approximate surface area is 116 Å². The van der Waals surface area contributed by atoms with Crippen LogP contribution in [0.5, 0.6) is 0 Å². The summed E-state index contributed by atoms with van der Waals surface area (Å²) in [5.41, 5.74) is 4.69. The van der Waals surface area contributed by atoms with Crippen LogP contribution in [0.2, 0.25) is 0 Å². The van der Waals surface area contributed by atoms with Crippen LogP contribution in [-0.4, -0.2) is 0 Å². The molecule has 2 rings (SSSR count). The molecular formula is C18H23F. The van der Waals surface area contributed by atoms with Crippen molar-refractivity contribution in [2.75, 3.05) is 0 Å². The molecule has 0 N–H and O–H groups in total. The molecule has 0 saturated carbocycles. The van der Waals surface area contributed by atoms with E-state index >= 15 is 0 Å². The van der Waals surface area contributed by atoms with Gasteiger partial charge in [-0.15, -0.1) is 0 Å². The molecule has 0 spiro atoms. The summed E-state index contributed by atoms with van der Waals surface area (Å²) in [6.07, 6.45) is 1.90. The van der Waals surface area contributed by atoms with Gasteiger partial charge in [-0.25, -0.2) is 4.39 Å².